The Balaban J connectivity index is 4.29. The zero-order chi connectivity index (χ0) is 52.2. The van der Waals surface area contributed by atoms with Crippen molar-refractivity contribution < 1.29 is 28.6 Å². The molecular weight excluding hydrogens is 889 g/mol. The van der Waals surface area contributed by atoms with Crippen molar-refractivity contribution in [1.29, 1.82) is 0 Å². The van der Waals surface area contributed by atoms with Crippen molar-refractivity contribution in [3.8, 4) is 0 Å². The predicted molar refractivity (Wildman–Crippen MR) is 311 cm³/mol. The van der Waals surface area contributed by atoms with E-state index in [0.29, 0.717) is 19.3 Å². The van der Waals surface area contributed by atoms with Gasteiger partial charge in [0.2, 0.25) is 0 Å². The molecule has 0 saturated heterocycles. The minimum atomic E-state index is -0.783. The van der Waals surface area contributed by atoms with Crippen LogP contribution in [-0.4, -0.2) is 37.2 Å². The molecule has 0 aromatic rings. The van der Waals surface area contributed by atoms with E-state index < -0.39 is 6.10 Å². The molecule has 0 fully saturated rings. The van der Waals surface area contributed by atoms with E-state index in [1.807, 2.05) is 0 Å². The number of ether oxygens (including phenoxy) is 3. The number of esters is 3. The number of carbonyl (C=O) groups excluding carboxylic acids is 3. The summed E-state index contributed by atoms with van der Waals surface area (Å²) in [5, 5.41) is 0. The van der Waals surface area contributed by atoms with Crippen LogP contribution in [0.1, 0.15) is 310 Å². The van der Waals surface area contributed by atoms with E-state index in [1.54, 1.807) is 0 Å². The van der Waals surface area contributed by atoms with Crippen molar-refractivity contribution >= 4 is 17.9 Å². The maximum atomic E-state index is 12.9. The smallest absolute Gasteiger partial charge is 0.306 e. The van der Waals surface area contributed by atoms with E-state index in [0.717, 1.165) is 103 Å². The molecule has 0 saturated carbocycles. The maximum absolute atomic E-state index is 12.9. The molecule has 416 valence electrons. The maximum Gasteiger partial charge on any atom is 0.306 e. The summed E-state index contributed by atoms with van der Waals surface area (Å²) in [6, 6.07) is 0. The van der Waals surface area contributed by atoms with Crippen LogP contribution in [0.5, 0.6) is 0 Å². The van der Waals surface area contributed by atoms with Crippen LogP contribution in [0.15, 0.2) is 72.9 Å². The summed E-state index contributed by atoms with van der Waals surface area (Å²) in [5.74, 6) is -0.888. The quantitative estimate of drug-likeness (QED) is 0.0261. The standard InChI is InChI=1S/C66H116O6/c1-4-7-10-13-16-19-22-25-27-29-30-31-32-33-34-35-36-37-39-41-44-47-50-53-56-59-65(68)71-62-63(61-70-64(67)58-55-52-49-46-43-40-24-21-18-15-12-9-6-3)72-66(69)60-57-54-51-48-45-42-38-28-26-23-20-17-14-11-8-5-2/h7,10,16,19,21,24-25,27-28,30-31,38,63H,4-6,8-9,11-15,17-18,20,22-23,26,29,32-37,39-62H2,1-3H3/b10-7-,19-16-,24-21-,27-25-,31-30-,38-28-. The average Bonchev–Trinajstić information content (AvgIpc) is 3.38. The van der Waals surface area contributed by atoms with Crippen molar-refractivity contribution in [1.82, 2.24) is 0 Å². The number of allylic oxidation sites excluding steroid dienone is 12. The Kier molecular flexibility index (Phi) is 57.8. The van der Waals surface area contributed by atoms with Gasteiger partial charge in [-0.2, -0.15) is 0 Å². The van der Waals surface area contributed by atoms with E-state index in [-0.39, 0.29) is 31.1 Å². The highest BCUT2D eigenvalue weighted by Gasteiger charge is 2.19. The fourth-order valence-electron chi connectivity index (χ4n) is 8.78. The van der Waals surface area contributed by atoms with Crippen LogP contribution in [0.25, 0.3) is 0 Å². The number of hydrogen-bond acceptors (Lipinski definition) is 6. The lowest BCUT2D eigenvalue weighted by molar-refractivity contribution is -0.167. The molecule has 1 unspecified atom stereocenters. The zero-order valence-corrected chi connectivity index (χ0v) is 47.7. The zero-order valence-electron chi connectivity index (χ0n) is 47.7. The van der Waals surface area contributed by atoms with Gasteiger partial charge < -0.3 is 14.2 Å². The molecule has 0 heterocycles. The lowest BCUT2D eigenvalue weighted by Gasteiger charge is -2.18. The first-order chi connectivity index (χ1) is 35.5. The molecule has 0 aliphatic rings. The normalized spacial score (nSPS) is 12.5. The minimum Gasteiger partial charge on any atom is -0.462 e. The topological polar surface area (TPSA) is 78.9 Å². The van der Waals surface area contributed by atoms with Crippen LogP contribution >= 0.6 is 0 Å². The van der Waals surface area contributed by atoms with Crippen molar-refractivity contribution in [2.45, 2.75) is 316 Å². The van der Waals surface area contributed by atoms with Crippen LogP contribution in [0.4, 0.5) is 0 Å². The number of carbonyl (C=O) groups is 3. The second kappa shape index (κ2) is 60.4. The first-order valence-corrected chi connectivity index (χ1v) is 30.9. The summed E-state index contributed by atoms with van der Waals surface area (Å²) >= 11 is 0. The Labute approximate surface area is 446 Å². The highest BCUT2D eigenvalue weighted by Crippen LogP contribution is 2.16. The SMILES string of the molecule is CC/C=C\C/C=C\C/C=C\C/C=C\CCCCCCCCCCCCCCC(=O)OCC(COC(=O)CCCCCCC/C=C\CCCCCC)OC(=O)CCCCCCC/C=C\CCCCCCCCC. The monoisotopic (exact) mass is 1000 g/mol. The number of hydrogen-bond donors (Lipinski definition) is 0. The molecule has 0 amide bonds. The first kappa shape index (κ1) is 68.8. The third-order valence-corrected chi connectivity index (χ3v) is 13.4. The lowest BCUT2D eigenvalue weighted by Crippen LogP contribution is -2.30. The van der Waals surface area contributed by atoms with Gasteiger partial charge in [0, 0.05) is 19.3 Å². The highest BCUT2D eigenvalue weighted by atomic mass is 16.6. The molecule has 0 aromatic heterocycles. The molecule has 0 bridgehead atoms. The molecule has 1 atom stereocenters. The van der Waals surface area contributed by atoms with Crippen molar-refractivity contribution in [3.05, 3.63) is 72.9 Å². The molecule has 72 heavy (non-hydrogen) atoms. The summed E-state index contributed by atoms with van der Waals surface area (Å²) < 4.78 is 16.9. The van der Waals surface area contributed by atoms with Gasteiger partial charge in [-0.25, -0.2) is 0 Å². The van der Waals surface area contributed by atoms with Crippen LogP contribution in [0.2, 0.25) is 0 Å². The van der Waals surface area contributed by atoms with Crippen molar-refractivity contribution in [3.63, 3.8) is 0 Å². The van der Waals surface area contributed by atoms with Gasteiger partial charge in [0.15, 0.2) is 6.10 Å². The van der Waals surface area contributed by atoms with E-state index in [1.165, 1.54) is 167 Å². The van der Waals surface area contributed by atoms with Crippen molar-refractivity contribution in [2.24, 2.45) is 0 Å². The third-order valence-electron chi connectivity index (χ3n) is 13.4. The van der Waals surface area contributed by atoms with E-state index in [2.05, 4.69) is 93.7 Å². The Morgan fingerprint density at radius 1 is 0.292 bits per heavy atom. The van der Waals surface area contributed by atoms with E-state index in [9.17, 15) is 14.4 Å². The largest absolute Gasteiger partial charge is 0.462 e. The number of rotatable bonds is 56. The van der Waals surface area contributed by atoms with Crippen molar-refractivity contribution in [2.75, 3.05) is 13.2 Å². The van der Waals surface area contributed by atoms with Gasteiger partial charge >= 0.3 is 17.9 Å². The molecule has 0 aromatic carbocycles. The second-order valence-electron chi connectivity index (χ2n) is 20.6. The number of unbranched alkanes of at least 4 members (excludes halogenated alkanes) is 33. The van der Waals surface area contributed by atoms with Gasteiger partial charge in [0.05, 0.1) is 0 Å². The first-order valence-electron chi connectivity index (χ1n) is 30.9. The predicted octanol–water partition coefficient (Wildman–Crippen LogP) is 20.9. The van der Waals surface area contributed by atoms with E-state index in [4.69, 9.17) is 14.2 Å². The van der Waals surface area contributed by atoms with Crippen LogP contribution < -0.4 is 0 Å². The highest BCUT2D eigenvalue weighted by molar-refractivity contribution is 5.71. The molecular formula is C66H116O6. The summed E-state index contributed by atoms with van der Waals surface area (Å²) in [6.45, 7) is 6.52. The van der Waals surface area contributed by atoms with Gasteiger partial charge in [-0.1, -0.05) is 254 Å². The van der Waals surface area contributed by atoms with E-state index >= 15 is 0 Å². The van der Waals surface area contributed by atoms with Gasteiger partial charge in [0.25, 0.3) is 0 Å². The van der Waals surface area contributed by atoms with Gasteiger partial charge in [-0.05, 0) is 109 Å². The fourth-order valence-corrected chi connectivity index (χ4v) is 8.78. The summed E-state index contributed by atoms with van der Waals surface area (Å²) in [4.78, 5) is 38.2. The third kappa shape index (κ3) is 57.7. The fraction of sp³-hybridized carbons (Fsp3) is 0.773. The van der Waals surface area contributed by atoms with Crippen LogP contribution in [-0.2, 0) is 28.6 Å². The molecule has 0 spiro atoms. The van der Waals surface area contributed by atoms with Crippen LogP contribution in [0.3, 0.4) is 0 Å². The molecule has 0 rings (SSSR count). The Bertz CT molecular complexity index is 1340. The Hall–Kier alpha value is -3.15. The molecule has 0 radical (unpaired) electrons. The average molecular weight is 1010 g/mol. The van der Waals surface area contributed by atoms with Gasteiger partial charge in [0.1, 0.15) is 13.2 Å². The molecule has 0 N–H and O–H groups in total. The summed E-state index contributed by atoms with van der Waals surface area (Å²) in [5.41, 5.74) is 0. The lowest BCUT2D eigenvalue weighted by atomic mass is 10.0. The van der Waals surface area contributed by atoms with Crippen LogP contribution in [0, 0.1) is 0 Å². The summed E-state index contributed by atoms with van der Waals surface area (Å²) in [6.07, 6.45) is 77.6. The molecule has 6 nitrogen and oxygen atoms in total. The molecule has 0 aliphatic heterocycles. The Morgan fingerprint density at radius 3 is 0.875 bits per heavy atom. The molecule has 0 aliphatic carbocycles. The van der Waals surface area contributed by atoms with Gasteiger partial charge in [-0.3, -0.25) is 14.4 Å². The minimum absolute atomic E-state index is 0.0806. The second-order valence-corrected chi connectivity index (χ2v) is 20.6. The Morgan fingerprint density at radius 2 is 0.542 bits per heavy atom. The summed E-state index contributed by atoms with van der Waals surface area (Å²) in [7, 11) is 0. The van der Waals surface area contributed by atoms with Gasteiger partial charge in [-0.15, -0.1) is 0 Å². The molecule has 6 heteroatoms.